The zero-order valence-corrected chi connectivity index (χ0v) is 30.7. The van der Waals surface area contributed by atoms with Crippen LogP contribution in [0.3, 0.4) is 0 Å². The zero-order chi connectivity index (χ0) is 35.9. The van der Waals surface area contributed by atoms with Crippen molar-refractivity contribution in [3.63, 3.8) is 0 Å². The number of rotatable bonds is 5. The molecule has 0 amide bonds. The molecule has 0 N–H and O–H groups in total. The summed E-state index contributed by atoms with van der Waals surface area (Å²) >= 11 is 0. The maximum absolute atomic E-state index is 2.46. The van der Waals surface area contributed by atoms with Gasteiger partial charge in [-0.05, 0) is 126 Å². The standard InChI is InChI=1S/C52H41N/c1-51(2)47-17-11-10-16-43(47)44-28-26-41(32-49(44)51)53(40-24-22-37(23-25-40)36-20-18-35(19-21-36)34-12-6-5-7-13-34)42-27-29-45-46-30-38-14-8-9-15-39(38)31-48(46)52(3,4)50(45)33-42/h5-33H,1-4H3. The van der Waals surface area contributed by atoms with Gasteiger partial charge in [0.2, 0.25) is 0 Å². The zero-order valence-electron chi connectivity index (χ0n) is 30.7. The highest BCUT2D eigenvalue weighted by atomic mass is 15.1. The van der Waals surface area contributed by atoms with Gasteiger partial charge in [0.15, 0.2) is 0 Å². The summed E-state index contributed by atoms with van der Waals surface area (Å²) in [5.74, 6) is 0. The Morgan fingerprint density at radius 1 is 0.302 bits per heavy atom. The minimum absolute atomic E-state index is 0.0903. The van der Waals surface area contributed by atoms with Crippen LogP contribution in [0.1, 0.15) is 49.9 Å². The number of fused-ring (bicyclic) bond motifs is 7. The molecule has 0 aliphatic heterocycles. The van der Waals surface area contributed by atoms with Gasteiger partial charge in [0.05, 0.1) is 0 Å². The number of benzene rings is 8. The molecule has 8 aromatic carbocycles. The van der Waals surface area contributed by atoms with Crippen LogP contribution in [0.25, 0.3) is 55.3 Å². The SMILES string of the molecule is CC1(C)c2ccccc2-c2ccc(N(c3ccc(-c4ccc(-c5ccccc5)cc4)cc3)c3ccc4c(c3)C(C)(C)c3cc5ccccc5cc3-4)cc21. The van der Waals surface area contributed by atoms with Gasteiger partial charge in [0.1, 0.15) is 0 Å². The van der Waals surface area contributed by atoms with Crippen molar-refractivity contribution in [2.24, 2.45) is 0 Å². The van der Waals surface area contributed by atoms with Gasteiger partial charge in [0.25, 0.3) is 0 Å². The lowest BCUT2D eigenvalue weighted by Gasteiger charge is -2.30. The highest BCUT2D eigenvalue weighted by molar-refractivity contribution is 5.95. The fourth-order valence-corrected chi connectivity index (χ4v) is 9.12. The van der Waals surface area contributed by atoms with Crippen LogP contribution in [0.2, 0.25) is 0 Å². The molecule has 0 saturated carbocycles. The summed E-state index contributed by atoms with van der Waals surface area (Å²) in [6.07, 6.45) is 0. The van der Waals surface area contributed by atoms with E-state index in [-0.39, 0.29) is 10.8 Å². The number of hydrogen-bond donors (Lipinski definition) is 0. The van der Waals surface area contributed by atoms with E-state index >= 15 is 0 Å². The first-order chi connectivity index (χ1) is 25.8. The Labute approximate surface area is 312 Å². The molecule has 53 heavy (non-hydrogen) atoms. The van der Waals surface area contributed by atoms with E-state index in [9.17, 15) is 0 Å². The van der Waals surface area contributed by atoms with Crippen molar-refractivity contribution in [3.05, 3.63) is 198 Å². The smallest absolute Gasteiger partial charge is 0.0465 e. The van der Waals surface area contributed by atoms with Crippen LogP contribution in [0.4, 0.5) is 17.1 Å². The van der Waals surface area contributed by atoms with E-state index in [0.717, 1.165) is 5.69 Å². The lowest BCUT2D eigenvalue weighted by molar-refractivity contribution is 0.660. The van der Waals surface area contributed by atoms with Crippen molar-refractivity contribution >= 4 is 27.8 Å². The van der Waals surface area contributed by atoms with Crippen molar-refractivity contribution in [3.8, 4) is 44.5 Å². The molecular formula is C52H41N. The molecule has 1 nitrogen and oxygen atoms in total. The van der Waals surface area contributed by atoms with E-state index < -0.39 is 0 Å². The van der Waals surface area contributed by atoms with Crippen LogP contribution >= 0.6 is 0 Å². The van der Waals surface area contributed by atoms with E-state index in [0.29, 0.717) is 0 Å². The maximum Gasteiger partial charge on any atom is 0.0465 e. The van der Waals surface area contributed by atoms with E-state index in [4.69, 9.17) is 0 Å². The number of anilines is 3. The van der Waals surface area contributed by atoms with Crippen molar-refractivity contribution in [2.75, 3.05) is 4.90 Å². The Bertz CT molecular complexity index is 2700. The number of nitrogens with zero attached hydrogens (tertiary/aromatic N) is 1. The Morgan fingerprint density at radius 3 is 1.34 bits per heavy atom. The molecule has 2 aliphatic rings. The maximum atomic E-state index is 2.46. The first-order valence-corrected chi connectivity index (χ1v) is 18.8. The molecule has 2 aliphatic carbocycles. The minimum atomic E-state index is -0.131. The van der Waals surface area contributed by atoms with Crippen molar-refractivity contribution in [2.45, 2.75) is 38.5 Å². The van der Waals surface area contributed by atoms with Gasteiger partial charge in [-0.1, -0.05) is 155 Å². The molecule has 0 radical (unpaired) electrons. The molecule has 0 unspecified atom stereocenters. The second-order valence-electron chi connectivity index (χ2n) is 15.8. The van der Waals surface area contributed by atoms with Gasteiger partial charge >= 0.3 is 0 Å². The Morgan fingerprint density at radius 2 is 0.717 bits per heavy atom. The third-order valence-corrected chi connectivity index (χ3v) is 12.1. The van der Waals surface area contributed by atoms with Gasteiger partial charge in [-0.25, -0.2) is 0 Å². The topological polar surface area (TPSA) is 3.24 Å². The van der Waals surface area contributed by atoms with Gasteiger partial charge in [-0.2, -0.15) is 0 Å². The van der Waals surface area contributed by atoms with Crippen molar-refractivity contribution in [1.29, 1.82) is 0 Å². The van der Waals surface area contributed by atoms with E-state index in [1.165, 1.54) is 88.9 Å². The average Bonchev–Trinajstić information content (AvgIpc) is 3.56. The molecular weight excluding hydrogens is 639 g/mol. The fourth-order valence-electron chi connectivity index (χ4n) is 9.12. The van der Waals surface area contributed by atoms with E-state index in [2.05, 4.69) is 209 Å². The molecule has 0 saturated heterocycles. The van der Waals surface area contributed by atoms with Crippen molar-refractivity contribution in [1.82, 2.24) is 0 Å². The lowest BCUT2D eigenvalue weighted by Crippen LogP contribution is -2.18. The largest absolute Gasteiger partial charge is 0.310 e. The second-order valence-corrected chi connectivity index (χ2v) is 15.8. The van der Waals surface area contributed by atoms with Gasteiger partial charge in [-0.15, -0.1) is 0 Å². The van der Waals surface area contributed by atoms with E-state index in [1.807, 2.05) is 0 Å². The highest BCUT2D eigenvalue weighted by Crippen LogP contribution is 2.53. The Kier molecular flexibility index (Phi) is 6.94. The highest BCUT2D eigenvalue weighted by Gasteiger charge is 2.38. The molecule has 0 bridgehead atoms. The Balaban J connectivity index is 1.09. The molecule has 254 valence electrons. The predicted octanol–water partition coefficient (Wildman–Crippen LogP) is 14.3. The van der Waals surface area contributed by atoms with Crippen molar-refractivity contribution < 1.29 is 0 Å². The Hall–Kier alpha value is -6.18. The number of hydrogen-bond acceptors (Lipinski definition) is 1. The summed E-state index contributed by atoms with van der Waals surface area (Å²) in [6.45, 7) is 9.49. The minimum Gasteiger partial charge on any atom is -0.310 e. The molecule has 0 spiro atoms. The molecule has 1 heteroatoms. The van der Waals surface area contributed by atoms with Crippen LogP contribution in [-0.2, 0) is 10.8 Å². The fraction of sp³-hybridized carbons (Fsp3) is 0.115. The average molecular weight is 680 g/mol. The first kappa shape index (κ1) is 31.5. The third kappa shape index (κ3) is 4.91. The normalized spacial score (nSPS) is 14.3. The van der Waals surface area contributed by atoms with E-state index in [1.54, 1.807) is 0 Å². The van der Waals surface area contributed by atoms with Gasteiger partial charge in [-0.3, -0.25) is 0 Å². The molecule has 0 atom stereocenters. The first-order valence-electron chi connectivity index (χ1n) is 18.8. The summed E-state index contributed by atoms with van der Waals surface area (Å²) in [5, 5.41) is 2.59. The predicted molar refractivity (Wildman–Crippen MR) is 225 cm³/mol. The summed E-state index contributed by atoms with van der Waals surface area (Å²) in [5.41, 5.74) is 19.0. The van der Waals surface area contributed by atoms with Gasteiger partial charge in [0, 0.05) is 27.9 Å². The summed E-state index contributed by atoms with van der Waals surface area (Å²) < 4.78 is 0. The van der Waals surface area contributed by atoms with Crippen LogP contribution in [0, 0.1) is 0 Å². The van der Waals surface area contributed by atoms with Crippen LogP contribution in [0.5, 0.6) is 0 Å². The lowest BCUT2D eigenvalue weighted by atomic mass is 9.81. The molecule has 0 fully saturated rings. The summed E-state index contributed by atoms with van der Waals surface area (Å²) in [7, 11) is 0. The molecule has 10 rings (SSSR count). The molecule has 0 heterocycles. The van der Waals surface area contributed by atoms with Crippen LogP contribution in [0.15, 0.2) is 176 Å². The monoisotopic (exact) mass is 679 g/mol. The molecule has 0 aromatic heterocycles. The van der Waals surface area contributed by atoms with Crippen LogP contribution < -0.4 is 4.90 Å². The summed E-state index contributed by atoms with van der Waals surface area (Å²) in [6, 6.07) is 65.3. The second kappa shape index (κ2) is 11.7. The quantitative estimate of drug-likeness (QED) is 0.175. The van der Waals surface area contributed by atoms with Crippen LogP contribution in [-0.4, -0.2) is 0 Å². The summed E-state index contributed by atoms with van der Waals surface area (Å²) in [4.78, 5) is 2.46. The van der Waals surface area contributed by atoms with Gasteiger partial charge < -0.3 is 4.90 Å². The molecule has 8 aromatic rings. The third-order valence-electron chi connectivity index (χ3n) is 12.1.